The van der Waals surface area contributed by atoms with E-state index in [0.717, 1.165) is 0 Å². The van der Waals surface area contributed by atoms with Crippen LogP contribution in [0.3, 0.4) is 0 Å². The summed E-state index contributed by atoms with van der Waals surface area (Å²) in [5, 5.41) is 9.26. The molecule has 0 saturated heterocycles. The molecule has 0 amide bonds. The molecule has 0 atom stereocenters. The Balaban J connectivity index is 1.81. The highest BCUT2D eigenvalue weighted by molar-refractivity contribution is 6.06. The van der Waals surface area contributed by atoms with Crippen molar-refractivity contribution in [3.63, 3.8) is 0 Å². The van der Waals surface area contributed by atoms with Crippen LogP contribution < -0.4 is 0 Å². The predicted octanol–water partition coefficient (Wildman–Crippen LogP) is 4.33. The fourth-order valence-corrected chi connectivity index (χ4v) is 2.45. The molecule has 0 aliphatic heterocycles. The van der Waals surface area contributed by atoms with Crippen LogP contribution in [0.25, 0.3) is 17.4 Å². The number of rotatable bonds is 5. The van der Waals surface area contributed by atoms with Crippen LogP contribution in [0.15, 0.2) is 71.2 Å². The fraction of sp³-hybridized carbons (Fsp3) is 0.0476. The van der Waals surface area contributed by atoms with Crippen LogP contribution in [0.2, 0.25) is 0 Å². The topological polar surface area (TPSA) is 76.7 Å². The molecule has 3 aromatic rings. The monoisotopic (exact) mass is 348 g/mol. The zero-order chi connectivity index (χ0) is 18.5. The summed E-state index contributed by atoms with van der Waals surface area (Å²) in [6.07, 6.45) is 2.95. The Kier molecular flexibility index (Phi) is 4.99. The van der Waals surface area contributed by atoms with Crippen molar-refractivity contribution in [2.75, 3.05) is 7.11 Å². The molecule has 0 aliphatic rings. The number of carbonyl (C=O) groups excluding carboxylic acids is 2. The molecule has 5 heteroatoms. The molecule has 3 rings (SSSR count). The van der Waals surface area contributed by atoms with Gasteiger partial charge in [0.25, 0.3) is 0 Å². The zero-order valence-corrected chi connectivity index (χ0v) is 14.0. The first kappa shape index (κ1) is 17.2. The molecule has 2 aromatic carbocycles. The van der Waals surface area contributed by atoms with E-state index in [1.807, 2.05) is 0 Å². The molecular weight excluding hydrogens is 332 g/mol. The van der Waals surface area contributed by atoms with Crippen LogP contribution in [0.5, 0.6) is 5.75 Å². The normalized spacial score (nSPS) is 10.8. The summed E-state index contributed by atoms with van der Waals surface area (Å²) in [4.78, 5) is 24.0. The molecule has 5 nitrogen and oxygen atoms in total. The summed E-state index contributed by atoms with van der Waals surface area (Å²) in [7, 11) is 1.32. The molecule has 0 bridgehead atoms. The van der Waals surface area contributed by atoms with Gasteiger partial charge < -0.3 is 14.3 Å². The minimum absolute atomic E-state index is 0.102. The summed E-state index contributed by atoms with van der Waals surface area (Å²) in [5.74, 6) is 0.425. The second kappa shape index (κ2) is 7.53. The standard InChI is InChI=1S/C21H16O5/c1-25-21(24)18-5-3-2-4-17(18)20-13-11-16(26-20)10-12-19(23)14-6-8-15(22)9-7-14/h2-13,22H,1H3. The van der Waals surface area contributed by atoms with Gasteiger partial charge in [0.1, 0.15) is 17.3 Å². The highest BCUT2D eigenvalue weighted by atomic mass is 16.5. The Morgan fingerprint density at radius 1 is 1.00 bits per heavy atom. The zero-order valence-electron chi connectivity index (χ0n) is 14.0. The Labute approximate surface area is 150 Å². The molecule has 0 saturated carbocycles. The first-order valence-corrected chi connectivity index (χ1v) is 7.87. The molecule has 26 heavy (non-hydrogen) atoms. The van der Waals surface area contributed by atoms with Gasteiger partial charge in [0.2, 0.25) is 0 Å². The number of ketones is 1. The number of allylic oxidation sites excluding steroid dienone is 1. The number of aromatic hydroxyl groups is 1. The van der Waals surface area contributed by atoms with Gasteiger partial charge in [-0.15, -0.1) is 0 Å². The molecule has 0 radical (unpaired) electrons. The van der Waals surface area contributed by atoms with Crippen molar-refractivity contribution in [1.29, 1.82) is 0 Å². The maximum Gasteiger partial charge on any atom is 0.338 e. The summed E-state index contributed by atoms with van der Waals surface area (Å²) < 4.78 is 10.5. The lowest BCUT2D eigenvalue weighted by Crippen LogP contribution is -2.02. The Morgan fingerprint density at radius 3 is 2.46 bits per heavy atom. The van der Waals surface area contributed by atoms with Gasteiger partial charge in [-0.2, -0.15) is 0 Å². The van der Waals surface area contributed by atoms with E-state index in [1.165, 1.54) is 25.3 Å². The third-order valence-electron chi connectivity index (χ3n) is 3.78. The quantitative estimate of drug-likeness (QED) is 0.422. The van der Waals surface area contributed by atoms with E-state index in [9.17, 15) is 14.7 Å². The van der Waals surface area contributed by atoms with E-state index >= 15 is 0 Å². The number of methoxy groups -OCH3 is 1. The van der Waals surface area contributed by atoms with Crippen LogP contribution in [-0.4, -0.2) is 24.0 Å². The van der Waals surface area contributed by atoms with Crippen molar-refractivity contribution in [2.45, 2.75) is 0 Å². The molecule has 130 valence electrons. The summed E-state index contributed by atoms with van der Waals surface area (Å²) in [6, 6.07) is 16.4. The van der Waals surface area contributed by atoms with Crippen molar-refractivity contribution >= 4 is 17.8 Å². The van der Waals surface area contributed by atoms with Crippen molar-refractivity contribution < 1.29 is 23.8 Å². The van der Waals surface area contributed by atoms with Gasteiger partial charge in [0, 0.05) is 11.1 Å². The fourth-order valence-electron chi connectivity index (χ4n) is 2.45. The highest BCUT2D eigenvalue weighted by Gasteiger charge is 2.15. The predicted molar refractivity (Wildman–Crippen MR) is 97.0 cm³/mol. The van der Waals surface area contributed by atoms with Crippen LogP contribution in [-0.2, 0) is 4.74 Å². The maximum atomic E-state index is 12.1. The number of phenols is 1. The van der Waals surface area contributed by atoms with Crippen LogP contribution in [0.4, 0.5) is 0 Å². The number of carbonyl (C=O) groups is 2. The smallest absolute Gasteiger partial charge is 0.338 e. The largest absolute Gasteiger partial charge is 0.508 e. The average Bonchev–Trinajstić information content (AvgIpc) is 3.15. The van der Waals surface area contributed by atoms with Gasteiger partial charge in [-0.1, -0.05) is 18.2 Å². The van der Waals surface area contributed by atoms with E-state index in [2.05, 4.69) is 0 Å². The molecule has 0 aliphatic carbocycles. The third-order valence-corrected chi connectivity index (χ3v) is 3.78. The van der Waals surface area contributed by atoms with Gasteiger partial charge in [0.05, 0.1) is 12.7 Å². The van der Waals surface area contributed by atoms with Crippen LogP contribution in [0.1, 0.15) is 26.5 Å². The summed E-state index contributed by atoms with van der Waals surface area (Å²) >= 11 is 0. The Morgan fingerprint density at radius 2 is 1.73 bits per heavy atom. The second-order valence-corrected chi connectivity index (χ2v) is 5.48. The van der Waals surface area contributed by atoms with E-state index in [-0.39, 0.29) is 11.5 Å². The lowest BCUT2D eigenvalue weighted by atomic mass is 10.1. The SMILES string of the molecule is COC(=O)c1ccccc1-c1ccc(C=CC(=O)c2ccc(O)cc2)o1. The highest BCUT2D eigenvalue weighted by Crippen LogP contribution is 2.27. The van der Waals surface area contributed by atoms with Crippen molar-refractivity contribution in [3.8, 4) is 17.1 Å². The van der Waals surface area contributed by atoms with Gasteiger partial charge in [0.15, 0.2) is 5.78 Å². The molecule has 0 spiro atoms. The molecular formula is C21H16O5. The third kappa shape index (κ3) is 3.72. The first-order chi connectivity index (χ1) is 12.6. The number of furan rings is 1. The van der Waals surface area contributed by atoms with Crippen LogP contribution >= 0.6 is 0 Å². The molecule has 0 fully saturated rings. The maximum absolute atomic E-state index is 12.1. The van der Waals surface area contributed by atoms with E-state index in [1.54, 1.807) is 54.6 Å². The molecule has 0 unspecified atom stereocenters. The average molecular weight is 348 g/mol. The van der Waals surface area contributed by atoms with E-state index < -0.39 is 5.97 Å². The van der Waals surface area contributed by atoms with Gasteiger partial charge in [-0.3, -0.25) is 4.79 Å². The molecule has 1 aromatic heterocycles. The molecule has 1 heterocycles. The van der Waals surface area contributed by atoms with Gasteiger partial charge in [-0.05, 0) is 54.6 Å². The number of hydrogen-bond acceptors (Lipinski definition) is 5. The minimum atomic E-state index is -0.448. The Bertz CT molecular complexity index is 964. The number of hydrogen-bond donors (Lipinski definition) is 1. The van der Waals surface area contributed by atoms with E-state index in [4.69, 9.17) is 9.15 Å². The lowest BCUT2D eigenvalue weighted by molar-refractivity contribution is 0.0601. The number of benzene rings is 2. The number of esters is 1. The summed E-state index contributed by atoms with van der Waals surface area (Å²) in [6.45, 7) is 0. The lowest BCUT2D eigenvalue weighted by Gasteiger charge is -2.04. The summed E-state index contributed by atoms with van der Waals surface area (Å²) in [5.41, 5.74) is 1.48. The number of ether oxygens (including phenoxy) is 1. The van der Waals surface area contributed by atoms with Crippen molar-refractivity contribution in [1.82, 2.24) is 0 Å². The van der Waals surface area contributed by atoms with E-state index in [0.29, 0.717) is 28.2 Å². The van der Waals surface area contributed by atoms with Gasteiger partial charge in [-0.25, -0.2) is 4.79 Å². The minimum Gasteiger partial charge on any atom is -0.508 e. The van der Waals surface area contributed by atoms with Gasteiger partial charge >= 0.3 is 5.97 Å². The van der Waals surface area contributed by atoms with Crippen molar-refractivity contribution in [2.24, 2.45) is 0 Å². The molecule has 1 N–H and O–H groups in total. The first-order valence-electron chi connectivity index (χ1n) is 7.87. The number of phenolic OH excluding ortho intramolecular Hbond substituents is 1. The Hall–Kier alpha value is -3.60. The van der Waals surface area contributed by atoms with Crippen LogP contribution in [0, 0.1) is 0 Å². The van der Waals surface area contributed by atoms with Crippen molar-refractivity contribution in [3.05, 3.63) is 83.6 Å². The second-order valence-electron chi connectivity index (χ2n) is 5.48.